The molecule has 2 aromatic rings. The van der Waals surface area contributed by atoms with Crippen molar-refractivity contribution in [1.29, 1.82) is 0 Å². The SMILES string of the molecule is COC(=O)C1(c2ccc(Oc3ncccn3)cc2)CC1. The number of carbonyl (C=O) groups excluding carboxylic acids is 1. The van der Waals surface area contributed by atoms with Gasteiger partial charge in [0.05, 0.1) is 12.5 Å². The molecule has 20 heavy (non-hydrogen) atoms. The first-order valence-electron chi connectivity index (χ1n) is 6.38. The van der Waals surface area contributed by atoms with Gasteiger partial charge in [-0.15, -0.1) is 0 Å². The largest absolute Gasteiger partial charge is 0.468 e. The molecule has 1 aromatic carbocycles. The number of ether oxygens (including phenoxy) is 2. The van der Waals surface area contributed by atoms with Crippen LogP contribution in [0.4, 0.5) is 0 Å². The number of aromatic nitrogens is 2. The number of nitrogens with zero attached hydrogens (tertiary/aromatic N) is 2. The number of esters is 1. The fourth-order valence-corrected chi connectivity index (χ4v) is 2.22. The Kier molecular flexibility index (Phi) is 3.10. The molecule has 0 amide bonds. The molecule has 0 aliphatic heterocycles. The summed E-state index contributed by atoms with van der Waals surface area (Å²) in [5.41, 5.74) is 0.516. The minimum Gasteiger partial charge on any atom is -0.468 e. The number of benzene rings is 1. The van der Waals surface area contributed by atoms with E-state index in [0.717, 1.165) is 18.4 Å². The molecule has 102 valence electrons. The van der Waals surface area contributed by atoms with Gasteiger partial charge in [-0.2, -0.15) is 0 Å². The van der Waals surface area contributed by atoms with E-state index in [-0.39, 0.29) is 5.97 Å². The van der Waals surface area contributed by atoms with Crippen LogP contribution in [-0.4, -0.2) is 23.0 Å². The minimum absolute atomic E-state index is 0.169. The van der Waals surface area contributed by atoms with Crippen molar-refractivity contribution < 1.29 is 14.3 Å². The maximum absolute atomic E-state index is 11.8. The molecule has 0 spiro atoms. The molecule has 0 N–H and O–H groups in total. The van der Waals surface area contributed by atoms with Crippen molar-refractivity contribution in [2.45, 2.75) is 18.3 Å². The zero-order valence-corrected chi connectivity index (χ0v) is 11.1. The third kappa shape index (κ3) is 2.22. The lowest BCUT2D eigenvalue weighted by Gasteiger charge is -2.13. The summed E-state index contributed by atoms with van der Waals surface area (Å²) in [6.45, 7) is 0. The number of rotatable bonds is 4. The van der Waals surface area contributed by atoms with Gasteiger partial charge < -0.3 is 9.47 Å². The predicted octanol–water partition coefficient (Wildman–Crippen LogP) is 2.47. The molecule has 3 rings (SSSR count). The van der Waals surface area contributed by atoms with Crippen LogP contribution in [0, 0.1) is 0 Å². The van der Waals surface area contributed by atoms with E-state index in [1.54, 1.807) is 18.5 Å². The van der Waals surface area contributed by atoms with Crippen molar-refractivity contribution >= 4 is 5.97 Å². The first-order valence-corrected chi connectivity index (χ1v) is 6.38. The second-order valence-electron chi connectivity index (χ2n) is 4.73. The maximum atomic E-state index is 11.8. The van der Waals surface area contributed by atoms with Gasteiger partial charge in [0.25, 0.3) is 0 Å². The van der Waals surface area contributed by atoms with Gasteiger partial charge in [-0.3, -0.25) is 4.79 Å². The van der Waals surface area contributed by atoms with Crippen LogP contribution in [0.25, 0.3) is 0 Å². The molecule has 1 aliphatic carbocycles. The monoisotopic (exact) mass is 270 g/mol. The highest BCUT2D eigenvalue weighted by atomic mass is 16.5. The first-order chi connectivity index (χ1) is 9.74. The zero-order chi connectivity index (χ0) is 14.0. The predicted molar refractivity (Wildman–Crippen MR) is 71.5 cm³/mol. The number of methoxy groups -OCH3 is 1. The average Bonchev–Trinajstić information content (AvgIpc) is 3.30. The van der Waals surface area contributed by atoms with Gasteiger partial charge in [-0.1, -0.05) is 12.1 Å². The Balaban J connectivity index is 1.77. The molecule has 1 fully saturated rings. The van der Waals surface area contributed by atoms with Gasteiger partial charge >= 0.3 is 12.0 Å². The van der Waals surface area contributed by atoms with Gasteiger partial charge in [0.15, 0.2) is 0 Å². The molecule has 1 saturated carbocycles. The molecule has 0 atom stereocenters. The smallest absolute Gasteiger partial charge is 0.321 e. The van der Waals surface area contributed by atoms with E-state index < -0.39 is 5.41 Å². The van der Waals surface area contributed by atoms with Gasteiger partial charge in [0.1, 0.15) is 5.75 Å². The molecule has 5 nitrogen and oxygen atoms in total. The topological polar surface area (TPSA) is 61.3 Å². The normalized spacial score (nSPS) is 15.4. The number of hydrogen-bond acceptors (Lipinski definition) is 5. The van der Waals surface area contributed by atoms with Crippen molar-refractivity contribution in [3.05, 3.63) is 48.3 Å². The highest BCUT2D eigenvalue weighted by molar-refractivity contribution is 5.86. The van der Waals surface area contributed by atoms with Crippen LogP contribution in [-0.2, 0) is 14.9 Å². The van der Waals surface area contributed by atoms with Crippen LogP contribution in [0.3, 0.4) is 0 Å². The summed E-state index contributed by atoms with van der Waals surface area (Å²) in [6.07, 6.45) is 4.91. The van der Waals surface area contributed by atoms with E-state index in [9.17, 15) is 4.79 Å². The minimum atomic E-state index is -0.448. The Morgan fingerprint density at radius 1 is 1.15 bits per heavy atom. The van der Waals surface area contributed by atoms with Crippen LogP contribution in [0.5, 0.6) is 11.8 Å². The molecule has 1 aromatic heterocycles. The average molecular weight is 270 g/mol. The molecule has 1 heterocycles. The molecular weight excluding hydrogens is 256 g/mol. The summed E-state index contributed by atoms with van der Waals surface area (Å²) >= 11 is 0. The lowest BCUT2D eigenvalue weighted by Crippen LogP contribution is -2.21. The van der Waals surface area contributed by atoms with E-state index in [2.05, 4.69) is 9.97 Å². The second-order valence-corrected chi connectivity index (χ2v) is 4.73. The number of carbonyl (C=O) groups is 1. The molecule has 0 bridgehead atoms. The van der Waals surface area contributed by atoms with Gasteiger partial charge in [0.2, 0.25) is 0 Å². The van der Waals surface area contributed by atoms with Crippen LogP contribution in [0.15, 0.2) is 42.7 Å². The maximum Gasteiger partial charge on any atom is 0.321 e. The third-order valence-corrected chi connectivity index (χ3v) is 3.48. The van der Waals surface area contributed by atoms with Crippen molar-refractivity contribution in [2.24, 2.45) is 0 Å². The molecule has 1 aliphatic rings. The van der Waals surface area contributed by atoms with Crippen LogP contribution < -0.4 is 4.74 Å². The van der Waals surface area contributed by atoms with Crippen LogP contribution >= 0.6 is 0 Å². The fourth-order valence-electron chi connectivity index (χ4n) is 2.22. The first kappa shape index (κ1) is 12.6. The Bertz CT molecular complexity index is 607. The fraction of sp³-hybridized carbons (Fsp3) is 0.267. The summed E-state index contributed by atoms with van der Waals surface area (Å²) in [7, 11) is 1.42. The molecule has 0 radical (unpaired) electrons. The van der Waals surface area contributed by atoms with Crippen molar-refractivity contribution in [1.82, 2.24) is 9.97 Å². The van der Waals surface area contributed by atoms with Gasteiger partial charge in [-0.25, -0.2) is 9.97 Å². The second kappa shape index (κ2) is 4.92. The van der Waals surface area contributed by atoms with E-state index in [0.29, 0.717) is 11.8 Å². The molecule has 5 heteroatoms. The van der Waals surface area contributed by atoms with Gasteiger partial charge in [-0.05, 0) is 36.6 Å². The highest BCUT2D eigenvalue weighted by Gasteiger charge is 2.52. The Hall–Kier alpha value is -2.43. The summed E-state index contributed by atoms with van der Waals surface area (Å²) < 4.78 is 10.4. The van der Waals surface area contributed by atoms with Crippen molar-refractivity contribution in [3.63, 3.8) is 0 Å². The quantitative estimate of drug-likeness (QED) is 0.799. The Morgan fingerprint density at radius 2 is 1.80 bits per heavy atom. The molecular formula is C15H14N2O3. The van der Waals surface area contributed by atoms with Crippen molar-refractivity contribution in [2.75, 3.05) is 7.11 Å². The summed E-state index contributed by atoms with van der Waals surface area (Å²) in [4.78, 5) is 19.8. The molecule has 0 unspecified atom stereocenters. The zero-order valence-electron chi connectivity index (χ0n) is 11.1. The van der Waals surface area contributed by atoms with Crippen LogP contribution in [0.2, 0.25) is 0 Å². The molecule has 0 saturated heterocycles. The van der Waals surface area contributed by atoms with Crippen molar-refractivity contribution in [3.8, 4) is 11.8 Å². The Morgan fingerprint density at radius 3 is 2.35 bits per heavy atom. The highest BCUT2D eigenvalue weighted by Crippen LogP contribution is 2.49. The van der Waals surface area contributed by atoms with Gasteiger partial charge in [0, 0.05) is 12.4 Å². The summed E-state index contributed by atoms with van der Waals surface area (Å²) in [5, 5.41) is 0. The van der Waals surface area contributed by atoms with E-state index >= 15 is 0 Å². The summed E-state index contributed by atoms with van der Waals surface area (Å²) in [6, 6.07) is 9.44. The van der Waals surface area contributed by atoms with Crippen LogP contribution in [0.1, 0.15) is 18.4 Å². The van der Waals surface area contributed by atoms with E-state index in [1.165, 1.54) is 7.11 Å². The standard InChI is InChI=1S/C15H14N2O3/c1-19-13(18)15(7-8-15)11-3-5-12(6-4-11)20-14-16-9-2-10-17-14/h2-6,9-10H,7-8H2,1H3. The lowest BCUT2D eigenvalue weighted by atomic mass is 9.96. The third-order valence-electron chi connectivity index (χ3n) is 3.48. The number of hydrogen-bond donors (Lipinski definition) is 0. The lowest BCUT2D eigenvalue weighted by molar-refractivity contribution is -0.143. The summed E-state index contributed by atoms with van der Waals surface area (Å²) in [5.74, 6) is 0.471. The van der Waals surface area contributed by atoms with E-state index in [1.807, 2.05) is 24.3 Å². The Labute approximate surface area is 116 Å². The van der Waals surface area contributed by atoms with E-state index in [4.69, 9.17) is 9.47 Å².